The van der Waals surface area contributed by atoms with Crippen LogP contribution in [0.25, 0.3) is 0 Å². The molecule has 0 fully saturated rings. The van der Waals surface area contributed by atoms with E-state index in [0.29, 0.717) is 0 Å². The van der Waals surface area contributed by atoms with Gasteiger partial charge in [0.15, 0.2) is 6.10 Å². The number of nitriles is 1. The van der Waals surface area contributed by atoms with Crippen molar-refractivity contribution in [1.82, 2.24) is 0 Å². The van der Waals surface area contributed by atoms with Crippen LogP contribution in [0.2, 0.25) is 0 Å². The van der Waals surface area contributed by atoms with Crippen LogP contribution in [0.3, 0.4) is 0 Å². The smallest absolute Gasteiger partial charge is 0.271 e. The molecule has 0 spiro atoms. The second kappa shape index (κ2) is 4.99. The van der Waals surface area contributed by atoms with E-state index in [0.717, 1.165) is 18.2 Å². The van der Waals surface area contributed by atoms with E-state index < -0.39 is 31.6 Å². The molecule has 0 aliphatic carbocycles. The topological polar surface area (TPSA) is 136 Å². The summed E-state index contributed by atoms with van der Waals surface area (Å²) >= 11 is 0. The third kappa shape index (κ3) is 3.16. The highest BCUT2D eigenvalue weighted by Crippen LogP contribution is 2.28. The van der Waals surface area contributed by atoms with Crippen LogP contribution in [0.1, 0.15) is 6.92 Å². The summed E-state index contributed by atoms with van der Waals surface area (Å²) in [7, 11) is -4.18. The molecule has 8 nitrogen and oxygen atoms in total. The second-order valence-corrected chi connectivity index (χ2v) is 4.85. The molecule has 1 aromatic rings. The minimum atomic E-state index is -4.18. The number of primary sulfonamides is 1. The molecule has 9 heteroatoms. The lowest BCUT2D eigenvalue weighted by Crippen LogP contribution is -2.16. The molecule has 0 bridgehead atoms. The molecule has 1 rings (SSSR count). The van der Waals surface area contributed by atoms with Gasteiger partial charge in [-0.05, 0) is 13.0 Å². The number of sulfonamides is 1. The fraction of sp³-hybridized carbons (Fsp3) is 0.222. The summed E-state index contributed by atoms with van der Waals surface area (Å²) < 4.78 is 27.6. The van der Waals surface area contributed by atoms with Crippen molar-refractivity contribution in [2.75, 3.05) is 0 Å². The Balaban J connectivity index is 3.36. The molecule has 96 valence electrons. The number of ether oxygens (including phenoxy) is 1. The maximum Gasteiger partial charge on any atom is 0.271 e. The highest BCUT2D eigenvalue weighted by Gasteiger charge is 2.21. The van der Waals surface area contributed by atoms with Gasteiger partial charge in [-0.25, -0.2) is 13.6 Å². The van der Waals surface area contributed by atoms with Crippen molar-refractivity contribution in [2.45, 2.75) is 17.9 Å². The Hall–Kier alpha value is -2.18. The normalized spacial score (nSPS) is 12.5. The standard InChI is InChI=1S/C9H9N3O5S/c1-6(5-10)17-8-3-2-7(12(13)14)4-9(8)18(11,15)16/h2-4,6H,1H3,(H2,11,15,16). The van der Waals surface area contributed by atoms with Crippen molar-refractivity contribution >= 4 is 15.7 Å². The first kappa shape index (κ1) is 13.9. The zero-order valence-corrected chi connectivity index (χ0v) is 10.0. The van der Waals surface area contributed by atoms with Crippen LogP contribution in [-0.4, -0.2) is 19.4 Å². The fourth-order valence-corrected chi connectivity index (χ4v) is 1.83. The summed E-state index contributed by atoms with van der Waals surface area (Å²) in [4.78, 5) is 9.26. The Morgan fingerprint density at radius 2 is 2.17 bits per heavy atom. The first-order valence-corrected chi connectivity index (χ1v) is 6.18. The molecule has 2 N–H and O–H groups in total. The van der Waals surface area contributed by atoms with E-state index in [1.54, 1.807) is 6.07 Å². The number of rotatable bonds is 4. The van der Waals surface area contributed by atoms with Crippen LogP contribution < -0.4 is 9.88 Å². The van der Waals surface area contributed by atoms with E-state index in [-0.39, 0.29) is 5.75 Å². The van der Waals surface area contributed by atoms with Gasteiger partial charge in [-0.2, -0.15) is 5.26 Å². The van der Waals surface area contributed by atoms with Crippen LogP contribution in [0.4, 0.5) is 5.69 Å². The van der Waals surface area contributed by atoms with Gasteiger partial charge in [0.1, 0.15) is 16.7 Å². The third-order valence-electron chi connectivity index (χ3n) is 1.93. The van der Waals surface area contributed by atoms with Gasteiger partial charge in [0, 0.05) is 12.1 Å². The van der Waals surface area contributed by atoms with E-state index in [4.69, 9.17) is 15.1 Å². The Morgan fingerprint density at radius 1 is 1.56 bits per heavy atom. The van der Waals surface area contributed by atoms with Gasteiger partial charge in [-0.3, -0.25) is 10.1 Å². The summed E-state index contributed by atoms with van der Waals surface area (Å²) in [5.74, 6) is -0.197. The summed E-state index contributed by atoms with van der Waals surface area (Å²) in [5, 5.41) is 24.0. The number of benzene rings is 1. The molecule has 18 heavy (non-hydrogen) atoms. The number of non-ortho nitro benzene ring substituents is 1. The van der Waals surface area contributed by atoms with Crippen LogP contribution >= 0.6 is 0 Å². The average Bonchev–Trinajstić information content (AvgIpc) is 2.27. The third-order valence-corrected chi connectivity index (χ3v) is 2.86. The number of nitrogens with zero attached hydrogens (tertiary/aromatic N) is 2. The van der Waals surface area contributed by atoms with E-state index in [1.807, 2.05) is 0 Å². The lowest BCUT2D eigenvalue weighted by atomic mass is 10.3. The number of hydrogen-bond donors (Lipinski definition) is 1. The predicted octanol–water partition coefficient (Wildman–Crippen LogP) is 0.533. The average molecular weight is 271 g/mol. The van der Waals surface area contributed by atoms with Gasteiger partial charge in [-0.1, -0.05) is 0 Å². The molecule has 0 radical (unpaired) electrons. The molecule has 1 unspecified atom stereocenters. The first-order chi connectivity index (χ1) is 8.25. The van der Waals surface area contributed by atoms with Gasteiger partial charge < -0.3 is 4.74 Å². The Bertz CT molecular complexity index is 620. The fourth-order valence-electron chi connectivity index (χ4n) is 1.15. The van der Waals surface area contributed by atoms with Crippen molar-refractivity contribution < 1.29 is 18.1 Å². The number of hydrogen-bond acceptors (Lipinski definition) is 6. The van der Waals surface area contributed by atoms with Crippen molar-refractivity contribution in [3.63, 3.8) is 0 Å². The van der Waals surface area contributed by atoms with Crippen molar-refractivity contribution in [3.8, 4) is 11.8 Å². The van der Waals surface area contributed by atoms with E-state index in [1.165, 1.54) is 6.92 Å². The number of nitro benzene ring substituents is 1. The molecule has 0 amide bonds. The molecule has 0 saturated carbocycles. The van der Waals surface area contributed by atoms with Crippen LogP contribution in [0.5, 0.6) is 5.75 Å². The molecule has 1 aromatic carbocycles. The van der Waals surface area contributed by atoms with E-state index >= 15 is 0 Å². The van der Waals surface area contributed by atoms with Gasteiger partial charge in [0.2, 0.25) is 10.0 Å². The largest absolute Gasteiger partial charge is 0.474 e. The Labute approximate surface area is 103 Å². The molecular weight excluding hydrogens is 262 g/mol. The van der Waals surface area contributed by atoms with Crippen molar-refractivity contribution in [1.29, 1.82) is 5.26 Å². The molecule has 0 aliphatic rings. The van der Waals surface area contributed by atoms with Crippen molar-refractivity contribution in [2.24, 2.45) is 5.14 Å². The van der Waals surface area contributed by atoms with Gasteiger partial charge >= 0.3 is 0 Å². The maximum atomic E-state index is 11.3. The van der Waals surface area contributed by atoms with Crippen LogP contribution in [0, 0.1) is 21.4 Å². The lowest BCUT2D eigenvalue weighted by molar-refractivity contribution is -0.385. The predicted molar refractivity (Wildman–Crippen MR) is 60.2 cm³/mol. The molecule has 0 heterocycles. The molecule has 1 atom stereocenters. The summed E-state index contributed by atoms with van der Waals surface area (Å²) in [6.45, 7) is 1.40. The van der Waals surface area contributed by atoms with E-state index in [2.05, 4.69) is 0 Å². The number of nitrogens with two attached hydrogens (primary N) is 1. The van der Waals surface area contributed by atoms with Crippen molar-refractivity contribution in [3.05, 3.63) is 28.3 Å². The zero-order chi connectivity index (χ0) is 13.9. The highest BCUT2D eigenvalue weighted by molar-refractivity contribution is 7.89. The summed E-state index contributed by atoms with van der Waals surface area (Å²) in [6.07, 6.45) is -0.910. The first-order valence-electron chi connectivity index (χ1n) is 4.63. The highest BCUT2D eigenvalue weighted by atomic mass is 32.2. The molecule has 0 saturated heterocycles. The minimum Gasteiger partial charge on any atom is -0.474 e. The summed E-state index contributed by atoms with van der Waals surface area (Å²) in [6, 6.07) is 4.68. The van der Waals surface area contributed by atoms with Gasteiger partial charge in [-0.15, -0.1) is 0 Å². The zero-order valence-electron chi connectivity index (χ0n) is 9.23. The molecule has 0 aromatic heterocycles. The monoisotopic (exact) mass is 271 g/mol. The summed E-state index contributed by atoms with van der Waals surface area (Å²) in [5.41, 5.74) is -0.434. The molecule has 0 aliphatic heterocycles. The lowest BCUT2D eigenvalue weighted by Gasteiger charge is -2.11. The Morgan fingerprint density at radius 3 is 2.61 bits per heavy atom. The van der Waals surface area contributed by atoms with Crippen LogP contribution in [0.15, 0.2) is 23.1 Å². The minimum absolute atomic E-state index is 0.197. The van der Waals surface area contributed by atoms with Gasteiger partial charge in [0.05, 0.1) is 4.92 Å². The maximum absolute atomic E-state index is 11.3. The van der Waals surface area contributed by atoms with E-state index in [9.17, 15) is 18.5 Å². The van der Waals surface area contributed by atoms with Gasteiger partial charge in [0.25, 0.3) is 5.69 Å². The Kier molecular flexibility index (Phi) is 3.85. The SMILES string of the molecule is CC(C#N)Oc1ccc([N+](=O)[O-])cc1S(N)(=O)=O. The second-order valence-electron chi connectivity index (χ2n) is 3.32. The van der Waals surface area contributed by atoms with Crippen LogP contribution in [-0.2, 0) is 10.0 Å². The molecular formula is C9H9N3O5S. The number of nitro groups is 1. The quantitative estimate of drug-likeness (QED) is 0.626.